The van der Waals surface area contributed by atoms with E-state index in [9.17, 15) is 13.2 Å². The lowest BCUT2D eigenvalue weighted by atomic mass is 9.84. The topological polar surface area (TPSA) is 15.3 Å². The average molecular weight is 294 g/mol. The number of likely N-dealkylation sites (N-methyl/N-ethyl adjacent to an activating group) is 1. The molecule has 0 amide bonds. The summed E-state index contributed by atoms with van der Waals surface area (Å²) in [5.74, 6) is 0. The molecule has 1 aliphatic rings. The summed E-state index contributed by atoms with van der Waals surface area (Å²) in [7, 11) is 0. The van der Waals surface area contributed by atoms with Gasteiger partial charge in [0.25, 0.3) is 0 Å². The van der Waals surface area contributed by atoms with Crippen LogP contribution in [0.2, 0.25) is 0 Å². The molecular formula is C15H29F3N2. The lowest BCUT2D eigenvalue weighted by Crippen LogP contribution is -2.58. The first kappa shape index (κ1) is 17.8. The Morgan fingerprint density at radius 1 is 1.15 bits per heavy atom. The SMILES string of the molecule is CCNC(CCCC(F)(F)F)C(C)(CC)N1CCCC1. The Balaban J connectivity index is 2.65. The van der Waals surface area contributed by atoms with E-state index >= 15 is 0 Å². The molecule has 1 aliphatic heterocycles. The highest BCUT2D eigenvalue weighted by Crippen LogP contribution is 2.31. The Hall–Kier alpha value is -0.290. The molecule has 0 aromatic rings. The van der Waals surface area contributed by atoms with Gasteiger partial charge in [0, 0.05) is 18.0 Å². The number of nitrogens with one attached hydrogen (secondary N) is 1. The molecule has 2 atom stereocenters. The van der Waals surface area contributed by atoms with Crippen LogP contribution in [0.1, 0.15) is 59.3 Å². The van der Waals surface area contributed by atoms with E-state index in [1.165, 1.54) is 12.8 Å². The van der Waals surface area contributed by atoms with Gasteiger partial charge in [-0.2, -0.15) is 13.2 Å². The predicted octanol–water partition coefficient (Wildman–Crippen LogP) is 3.96. The summed E-state index contributed by atoms with van der Waals surface area (Å²) in [6.07, 6.45) is -0.523. The predicted molar refractivity (Wildman–Crippen MR) is 76.9 cm³/mol. The minimum Gasteiger partial charge on any atom is -0.312 e. The van der Waals surface area contributed by atoms with Gasteiger partial charge in [0.15, 0.2) is 0 Å². The van der Waals surface area contributed by atoms with Crippen molar-refractivity contribution < 1.29 is 13.2 Å². The van der Waals surface area contributed by atoms with Crippen LogP contribution in [0.3, 0.4) is 0 Å². The minimum atomic E-state index is -4.03. The zero-order chi connectivity index (χ0) is 15.2. The lowest BCUT2D eigenvalue weighted by molar-refractivity contribution is -0.136. The van der Waals surface area contributed by atoms with Gasteiger partial charge in [0.1, 0.15) is 0 Å². The summed E-state index contributed by atoms with van der Waals surface area (Å²) in [6, 6.07) is 0.137. The third kappa shape index (κ3) is 4.92. The van der Waals surface area contributed by atoms with E-state index in [1.807, 2.05) is 6.92 Å². The van der Waals surface area contributed by atoms with Crippen molar-refractivity contribution in [2.45, 2.75) is 77.1 Å². The molecular weight excluding hydrogens is 265 g/mol. The maximum absolute atomic E-state index is 12.3. The molecule has 0 aromatic carbocycles. The van der Waals surface area contributed by atoms with Gasteiger partial charge in [-0.15, -0.1) is 0 Å². The lowest BCUT2D eigenvalue weighted by Gasteiger charge is -2.45. The largest absolute Gasteiger partial charge is 0.389 e. The molecule has 2 unspecified atom stereocenters. The summed E-state index contributed by atoms with van der Waals surface area (Å²) >= 11 is 0. The molecule has 1 saturated heterocycles. The van der Waals surface area contributed by atoms with Crippen LogP contribution in [0.15, 0.2) is 0 Å². The van der Waals surface area contributed by atoms with Crippen molar-refractivity contribution in [1.82, 2.24) is 10.2 Å². The van der Waals surface area contributed by atoms with Crippen molar-refractivity contribution in [2.24, 2.45) is 0 Å². The number of halogens is 3. The van der Waals surface area contributed by atoms with E-state index in [2.05, 4.69) is 24.1 Å². The monoisotopic (exact) mass is 294 g/mol. The molecule has 2 nitrogen and oxygen atoms in total. The number of alkyl halides is 3. The molecule has 0 bridgehead atoms. The van der Waals surface area contributed by atoms with E-state index < -0.39 is 12.6 Å². The van der Waals surface area contributed by atoms with Crippen LogP contribution in [0.25, 0.3) is 0 Å². The summed E-state index contributed by atoms with van der Waals surface area (Å²) in [4.78, 5) is 2.47. The summed E-state index contributed by atoms with van der Waals surface area (Å²) in [6.45, 7) is 9.33. The van der Waals surface area contributed by atoms with Gasteiger partial charge < -0.3 is 5.32 Å². The van der Waals surface area contributed by atoms with E-state index in [4.69, 9.17) is 0 Å². The van der Waals surface area contributed by atoms with Crippen LogP contribution >= 0.6 is 0 Å². The highest BCUT2D eigenvalue weighted by Gasteiger charge is 2.39. The Labute approximate surface area is 121 Å². The molecule has 1 rings (SSSR count). The summed E-state index contributed by atoms with van der Waals surface area (Å²) in [5.41, 5.74) is -0.0297. The average Bonchev–Trinajstić information content (AvgIpc) is 2.90. The van der Waals surface area contributed by atoms with Crippen LogP contribution in [0.4, 0.5) is 13.2 Å². The summed E-state index contributed by atoms with van der Waals surface area (Å²) < 4.78 is 37.0. The number of nitrogens with zero attached hydrogens (tertiary/aromatic N) is 1. The Bertz CT molecular complexity index is 275. The maximum Gasteiger partial charge on any atom is 0.389 e. The second-order valence-electron chi connectivity index (χ2n) is 6.02. The molecule has 20 heavy (non-hydrogen) atoms. The normalized spacial score (nSPS) is 21.9. The molecule has 1 fully saturated rings. The molecule has 0 aromatic heterocycles. The van der Waals surface area contributed by atoms with Gasteiger partial charge in [0.05, 0.1) is 0 Å². The molecule has 0 aliphatic carbocycles. The molecule has 0 radical (unpaired) electrons. The third-order valence-corrected chi connectivity index (χ3v) is 4.70. The van der Waals surface area contributed by atoms with Gasteiger partial charge in [-0.25, -0.2) is 0 Å². The van der Waals surface area contributed by atoms with Gasteiger partial charge in [-0.1, -0.05) is 13.8 Å². The van der Waals surface area contributed by atoms with Gasteiger partial charge in [-0.3, -0.25) is 4.90 Å². The summed E-state index contributed by atoms with van der Waals surface area (Å²) in [5, 5.41) is 3.43. The van der Waals surface area contributed by atoms with E-state index in [1.54, 1.807) is 0 Å². The maximum atomic E-state index is 12.3. The van der Waals surface area contributed by atoms with Crippen LogP contribution in [-0.2, 0) is 0 Å². The molecule has 1 N–H and O–H groups in total. The second kappa shape index (κ2) is 7.64. The fourth-order valence-electron chi connectivity index (χ4n) is 3.30. The first-order valence-electron chi connectivity index (χ1n) is 7.88. The zero-order valence-corrected chi connectivity index (χ0v) is 13.0. The molecule has 5 heteroatoms. The Morgan fingerprint density at radius 3 is 2.20 bits per heavy atom. The van der Waals surface area contributed by atoms with Crippen molar-refractivity contribution >= 4 is 0 Å². The van der Waals surface area contributed by atoms with Crippen molar-refractivity contribution in [3.8, 4) is 0 Å². The van der Waals surface area contributed by atoms with Gasteiger partial charge in [-0.05, 0) is 58.7 Å². The Morgan fingerprint density at radius 2 is 1.75 bits per heavy atom. The molecule has 0 saturated carbocycles. The highest BCUT2D eigenvalue weighted by atomic mass is 19.4. The third-order valence-electron chi connectivity index (χ3n) is 4.70. The smallest absolute Gasteiger partial charge is 0.312 e. The number of likely N-dealkylation sites (tertiary alicyclic amines) is 1. The van der Waals surface area contributed by atoms with Gasteiger partial charge >= 0.3 is 6.18 Å². The molecule has 120 valence electrons. The number of hydrogen-bond donors (Lipinski definition) is 1. The number of rotatable bonds is 8. The van der Waals surface area contributed by atoms with Crippen LogP contribution in [-0.4, -0.2) is 42.3 Å². The van der Waals surface area contributed by atoms with Crippen molar-refractivity contribution in [3.05, 3.63) is 0 Å². The van der Waals surface area contributed by atoms with Crippen molar-refractivity contribution in [2.75, 3.05) is 19.6 Å². The highest BCUT2D eigenvalue weighted by molar-refractivity contribution is 4.97. The van der Waals surface area contributed by atoms with Crippen molar-refractivity contribution in [3.63, 3.8) is 0 Å². The van der Waals surface area contributed by atoms with E-state index in [-0.39, 0.29) is 18.0 Å². The van der Waals surface area contributed by atoms with Gasteiger partial charge in [0.2, 0.25) is 0 Å². The van der Waals surface area contributed by atoms with Crippen molar-refractivity contribution in [1.29, 1.82) is 0 Å². The van der Waals surface area contributed by atoms with E-state index in [0.29, 0.717) is 6.42 Å². The minimum absolute atomic E-state index is 0.0297. The zero-order valence-electron chi connectivity index (χ0n) is 13.0. The first-order chi connectivity index (χ1) is 9.33. The fraction of sp³-hybridized carbons (Fsp3) is 1.00. The second-order valence-corrected chi connectivity index (χ2v) is 6.02. The fourth-order valence-corrected chi connectivity index (χ4v) is 3.30. The standard InChI is InChI=1S/C15H29F3N2/c1-4-14(3,20-11-6-7-12-20)13(19-5-2)9-8-10-15(16,17)18/h13,19H,4-12H2,1-3H3. The quantitative estimate of drug-likeness (QED) is 0.729. The number of hydrogen-bond acceptors (Lipinski definition) is 2. The molecule has 0 spiro atoms. The van der Waals surface area contributed by atoms with E-state index in [0.717, 1.165) is 26.1 Å². The molecule has 1 heterocycles. The van der Waals surface area contributed by atoms with Crippen LogP contribution < -0.4 is 5.32 Å². The van der Waals surface area contributed by atoms with Crippen LogP contribution in [0, 0.1) is 0 Å². The first-order valence-corrected chi connectivity index (χ1v) is 7.88. The Kier molecular flexibility index (Phi) is 6.79. The van der Waals surface area contributed by atoms with Crippen LogP contribution in [0.5, 0.6) is 0 Å².